The van der Waals surface area contributed by atoms with Crippen LogP contribution in [-0.2, 0) is 0 Å². The summed E-state index contributed by atoms with van der Waals surface area (Å²) in [7, 11) is 1.64. The lowest BCUT2D eigenvalue weighted by Gasteiger charge is -2.08. The van der Waals surface area contributed by atoms with Crippen molar-refractivity contribution < 1.29 is 4.74 Å². The average Bonchev–Trinajstić information content (AvgIpc) is 3.04. The highest BCUT2D eigenvalue weighted by Gasteiger charge is 2.04. The van der Waals surface area contributed by atoms with Gasteiger partial charge in [0.1, 0.15) is 11.4 Å². The van der Waals surface area contributed by atoms with E-state index >= 15 is 0 Å². The highest BCUT2D eigenvalue weighted by molar-refractivity contribution is 6.31. The number of aliphatic imine (C=N–C) groups is 1. The minimum absolute atomic E-state index is 0.750. The molecular weight excluding hydrogens is 308 g/mol. The van der Waals surface area contributed by atoms with Crippen molar-refractivity contribution in [2.45, 2.75) is 6.92 Å². The van der Waals surface area contributed by atoms with E-state index in [4.69, 9.17) is 16.3 Å². The second kappa shape index (κ2) is 6.71. The Labute approximate surface area is 140 Å². The molecule has 4 heteroatoms. The highest BCUT2D eigenvalue weighted by Crippen LogP contribution is 2.26. The zero-order valence-corrected chi connectivity index (χ0v) is 13.8. The molecule has 0 radical (unpaired) electrons. The van der Waals surface area contributed by atoms with Crippen LogP contribution in [0.2, 0.25) is 5.02 Å². The first-order valence-electron chi connectivity index (χ1n) is 7.30. The molecule has 0 saturated carbocycles. The summed E-state index contributed by atoms with van der Waals surface area (Å²) in [4.78, 5) is 4.54. The third-order valence-corrected chi connectivity index (χ3v) is 4.04. The van der Waals surface area contributed by atoms with Crippen molar-refractivity contribution >= 4 is 23.5 Å². The smallest absolute Gasteiger partial charge is 0.144 e. The van der Waals surface area contributed by atoms with Crippen LogP contribution in [0.4, 0.5) is 5.69 Å². The van der Waals surface area contributed by atoms with Crippen LogP contribution in [-0.4, -0.2) is 17.9 Å². The monoisotopic (exact) mass is 324 g/mol. The summed E-state index contributed by atoms with van der Waals surface area (Å²) in [6.07, 6.45) is 3.82. The second-order valence-corrected chi connectivity index (χ2v) is 5.57. The summed E-state index contributed by atoms with van der Waals surface area (Å²) in [5.74, 6) is 0.750. The van der Waals surface area contributed by atoms with Crippen molar-refractivity contribution in [3.05, 3.63) is 77.1 Å². The molecule has 0 atom stereocenters. The van der Waals surface area contributed by atoms with Crippen molar-refractivity contribution in [2.24, 2.45) is 4.99 Å². The van der Waals surface area contributed by atoms with Gasteiger partial charge < -0.3 is 9.30 Å². The van der Waals surface area contributed by atoms with Gasteiger partial charge >= 0.3 is 0 Å². The summed E-state index contributed by atoms with van der Waals surface area (Å²) in [6.45, 7) is 1.99. The van der Waals surface area contributed by atoms with Crippen LogP contribution < -0.4 is 4.74 Å². The molecule has 0 saturated heterocycles. The maximum atomic E-state index is 6.23. The van der Waals surface area contributed by atoms with Crippen LogP contribution in [0.25, 0.3) is 5.69 Å². The number of nitrogens with zero attached hydrogens (tertiary/aromatic N) is 2. The fraction of sp³-hybridized carbons (Fsp3) is 0.105. The van der Waals surface area contributed by atoms with Crippen LogP contribution in [0.15, 0.2) is 65.8 Å². The number of para-hydroxylation sites is 2. The molecule has 116 valence electrons. The fourth-order valence-electron chi connectivity index (χ4n) is 2.34. The van der Waals surface area contributed by atoms with Crippen LogP contribution in [0.5, 0.6) is 5.75 Å². The van der Waals surface area contributed by atoms with Gasteiger partial charge in [0, 0.05) is 16.9 Å². The molecule has 0 aliphatic carbocycles. The zero-order chi connectivity index (χ0) is 16.2. The van der Waals surface area contributed by atoms with E-state index in [0.717, 1.165) is 33.4 Å². The molecule has 0 bridgehead atoms. The Balaban J connectivity index is 1.95. The number of aromatic nitrogens is 1. The first-order valence-corrected chi connectivity index (χ1v) is 7.68. The number of aryl methyl sites for hydroxylation is 1. The van der Waals surface area contributed by atoms with Crippen molar-refractivity contribution in [3.63, 3.8) is 0 Å². The Morgan fingerprint density at radius 2 is 1.91 bits per heavy atom. The Hall–Kier alpha value is -2.52. The molecule has 1 aromatic heterocycles. The lowest BCUT2D eigenvalue weighted by molar-refractivity contribution is 0.416. The third kappa shape index (κ3) is 3.30. The number of rotatable bonds is 4. The van der Waals surface area contributed by atoms with Gasteiger partial charge in [0.2, 0.25) is 0 Å². The molecule has 0 fully saturated rings. The molecule has 23 heavy (non-hydrogen) atoms. The third-order valence-electron chi connectivity index (χ3n) is 3.63. The minimum Gasteiger partial charge on any atom is -0.494 e. The number of ether oxygens (including phenoxy) is 1. The maximum absolute atomic E-state index is 6.23. The molecule has 0 amide bonds. The lowest BCUT2D eigenvalue weighted by atomic mass is 10.2. The van der Waals surface area contributed by atoms with Gasteiger partial charge in [-0.15, -0.1) is 0 Å². The van der Waals surface area contributed by atoms with Gasteiger partial charge in [0.15, 0.2) is 0 Å². The van der Waals surface area contributed by atoms with Crippen LogP contribution in [0.1, 0.15) is 11.3 Å². The standard InChI is InChI=1S/C19H17ClN2O/c1-14-9-10-15(12-17(14)20)22-11-5-6-16(22)13-21-18-7-3-4-8-19(18)23-2/h3-13H,1-2H3. The number of methoxy groups -OCH3 is 1. The number of hydrogen-bond acceptors (Lipinski definition) is 2. The van der Waals surface area contributed by atoms with Gasteiger partial charge in [-0.1, -0.05) is 29.8 Å². The summed E-state index contributed by atoms with van der Waals surface area (Å²) < 4.78 is 7.37. The molecule has 3 rings (SSSR count). The van der Waals surface area contributed by atoms with E-state index in [0.29, 0.717) is 0 Å². The largest absolute Gasteiger partial charge is 0.494 e. The van der Waals surface area contributed by atoms with Gasteiger partial charge in [-0.2, -0.15) is 0 Å². The Bertz CT molecular complexity index is 852. The molecule has 0 unspecified atom stereocenters. The van der Waals surface area contributed by atoms with Crippen LogP contribution >= 0.6 is 11.6 Å². The molecule has 2 aromatic carbocycles. The van der Waals surface area contributed by atoms with E-state index in [-0.39, 0.29) is 0 Å². The molecule has 3 nitrogen and oxygen atoms in total. The van der Waals surface area contributed by atoms with Gasteiger partial charge in [0.05, 0.1) is 19.0 Å². The first kappa shape index (κ1) is 15.4. The van der Waals surface area contributed by atoms with Crippen molar-refractivity contribution in [1.29, 1.82) is 0 Å². The molecule has 0 spiro atoms. The van der Waals surface area contributed by atoms with Crippen molar-refractivity contribution in [2.75, 3.05) is 7.11 Å². The molecule has 0 N–H and O–H groups in total. The van der Waals surface area contributed by atoms with Gasteiger partial charge in [-0.05, 0) is 48.9 Å². The number of benzene rings is 2. The quantitative estimate of drug-likeness (QED) is 0.606. The maximum Gasteiger partial charge on any atom is 0.144 e. The average molecular weight is 325 g/mol. The first-order chi connectivity index (χ1) is 11.2. The lowest BCUT2D eigenvalue weighted by Crippen LogP contribution is -1.98. The summed E-state index contributed by atoms with van der Waals surface area (Å²) >= 11 is 6.23. The summed E-state index contributed by atoms with van der Waals surface area (Å²) in [5, 5.41) is 0.754. The van der Waals surface area contributed by atoms with Gasteiger partial charge in [-0.25, -0.2) is 0 Å². The molecular formula is C19H17ClN2O. The van der Waals surface area contributed by atoms with E-state index in [1.165, 1.54) is 0 Å². The summed E-state index contributed by atoms with van der Waals surface area (Å²) in [5.41, 5.74) is 3.83. The molecule has 0 aliphatic rings. The second-order valence-electron chi connectivity index (χ2n) is 5.17. The SMILES string of the molecule is COc1ccccc1N=Cc1cccn1-c1ccc(C)c(Cl)c1. The zero-order valence-electron chi connectivity index (χ0n) is 13.0. The van der Waals surface area contributed by atoms with E-state index in [9.17, 15) is 0 Å². The van der Waals surface area contributed by atoms with Gasteiger partial charge in [0.25, 0.3) is 0 Å². The fourth-order valence-corrected chi connectivity index (χ4v) is 2.51. The predicted molar refractivity (Wildman–Crippen MR) is 95.8 cm³/mol. The van der Waals surface area contributed by atoms with E-state index in [1.54, 1.807) is 7.11 Å². The predicted octanol–water partition coefficient (Wildman–Crippen LogP) is 5.20. The Kier molecular flexibility index (Phi) is 4.49. The number of hydrogen-bond donors (Lipinski definition) is 0. The Morgan fingerprint density at radius 3 is 2.70 bits per heavy atom. The van der Waals surface area contributed by atoms with E-state index < -0.39 is 0 Å². The van der Waals surface area contributed by atoms with Crippen LogP contribution in [0, 0.1) is 6.92 Å². The number of halogens is 1. The topological polar surface area (TPSA) is 26.5 Å². The van der Waals surface area contributed by atoms with Crippen molar-refractivity contribution in [1.82, 2.24) is 4.57 Å². The molecule has 1 heterocycles. The molecule has 0 aliphatic heterocycles. The van der Waals surface area contributed by atoms with E-state index in [1.807, 2.05) is 78.5 Å². The summed E-state index contributed by atoms with van der Waals surface area (Å²) in [6, 6.07) is 17.7. The van der Waals surface area contributed by atoms with Crippen molar-refractivity contribution in [3.8, 4) is 11.4 Å². The normalized spacial score (nSPS) is 11.1. The van der Waals surface area contributed by atoms with E-state index in [2.05, 4.69) is 4.99 Å². The highest BCUT2D eigenvalue weighted by atomic mass is 35.5. The Morgan fingerprint density at radius 1 is 1.09 bits per heavy atom. The molecule has 3 aromatic rings. The van der Waals surface area contributed by atoms with Crippen LogP contribution in [0.3, 0.4) is 0 Å². The minimum atomic E-state index is 0.750. The van der Waals surface area contributed by atoms with Gasteiger partial charge in [-0.3, -0.25) is 4.99 Å².